The number of hydrogen-bond acceptors (Lipinski definition) is 7. The fraction of sp³-hybridized carbons (Fsp3) is 0.438. The Labute approximate surface area is 145 Å². The number of aromatic nitrogens is 4. The van der Waals surface area contributed by atoms with Gasteiger partial charge in [-0.2, -0.15) is 15.1 Å². The molecule has 0 bridgehead atoms. The Kier molecular flexibility index (Phi) is 3.35. The Balaban J connectivity index is 1.68. The number of H-pyrrole nitrogens is 2. The minimum absolute atomic E-state index is 0.183. The lowest BCUT2D eigenvalue weighted by atomic mass is 9.88. The molecular weight excluding hydrogens is 318 g/mol. The molecule has 0 amide bonds. The first-order valence-corrected chi connectivity index (χ1v) is 8.63. The average Bonchev–Trinajstić information content (AvgIpc) is 3.48. The lowest BCUT2D eigenvalue weighted by Crippen LogP contribution is -2.64. The Morgan fingerprint density at radius 2 is 2.24 bits per heavy atom. The van der Waals surface area contributed by atoms with E-state index in [2.05, 4.69) is 57.8 Å². The standard InChI is InChI=1S/C16H21N9/c1-4-21-24(9-1)16(15-18-6-7-19-15)13(14-2-5-20-22-14)3-10-25(16)23-11-8-17-12-23/h1-2,4-7,12-13,21H,3,8-11H2,(H,18,19)(H,20,22). The van der Waals surface area contributed by atoms with E-state index < -0.39 is 5.66 Å². The summed E-state index contributed by atoms with van der Waals surface area (Å²) in [5.74, 6) is 1.10. The number of aromatic amines is 2. The summed E-state index contributed by atoms with van der Waals surface area (Å²) < 4.78 is 0. The van der Waals surface area contributed by atoms with Gasteiger partial charge in [0.05, 0.1) is 19.4 Å². The second-order valence-electron chi connectivity index (χ2n) is 6.47. The summed E-state index contributed by atoms with van der Waals surface area (Å²) in [6.07, 6.45) is 12.6. The third kappa shape index (κ3) is 2.06. The summed E-state index contributed by atoms with van der Waals surface area (Å²) in [4.78, 5) is 12.5. The highest BCUT2D eigenvalue weighted by atomic mass is 15.8. The molecule has 25 heavy (non-hydrogen) atoms. The zero-order valence-corrected chi connectivity index (χ0v) is 13.8. The molecule has 2 unspecified atom stereocenters. The third-order valence-electron chi connectivity index (χ3n) is 5.28. The summed E-state index contributed by atoms with van der Waals surface area (Å²) in [6, 6.07) is 2.06. The molecule has 2 aromatic heterocycles. The van der Waals surface area contributed by atoms with Crippen LogP contribution in [0.3, 0.4) is 0 Å². The molecule has 3 aliphatic heterocycles. The van der Waals surface area contributed by atoms with Gasteiger partial charge in [0.15, 0.2) is 5.66 Å². The summed E-state index contributed by atoms with van der Waals surface area (Å²) in [5, 5.41) is 14.2. The number of nitrogens with zero attached hydrogens (tertiary/aromatic N) is 6. The van der Waals surface area contributed by atoms with Crippen molar-refractivity contribution < 1.29 is 0 Å². The van der Waals surface area contributed by atoms with Gasteiger partial charge >= 0.3 is 0 Å². The molecule has 0 spiro atoms. The van der Waals surface area contributed by atoms with E-state index in [4.69, 9.17) is 0 Å². The molecule has 5 heterocycles. The van der Waals surface area contributed by atoms with Crippen molar-refractivity contribution in [2.24, 2.45) is 4.99 Å². The Morgan fingerprint density at radius 3 is 2.92 bits per heavy atom. The van der Waals surface area contributed by atoms with Gasteiger partial charge in [-0.1, -0.05) is 6.08 Å². The Morgan fingerprint density at radius 1 is 1.24 bits per heavy atom. The Hall–Kier alpha value is -2.65. The van der Waals surface area contributed by atoms with E-state index in [0.29, 0.717) is 0 Å². The lowest BCUT2D eigenvalue weighted by Gasteiger charge is -2.49. The molecule has 5 rings (SSSR count). The fourth-order valence-corrected chi connectivity index (χ4v) is 4.31. The maximum atomic E-state index is 4.68. The average molecular weight is 339 g/mol. The van der Waals surface area contributed by atoms with Crippen LogP contribution in [0.15, 0.2) is 41.9 Å². The monoisotopic (exact) mass is 339 g/mol. The topological polar surface area (TPSA) is 91.5 Å². The van der Waals surface area contributed by atoms with E-state index in [1.165, 1.54) is 0 Å². The number of rotatable bonds is 4. The van der Waals surface area contributed by atoms with Gasteiger partial charge < -0.3 is 10.4 Å². The molecule has 3 aliphatic rings. The van der Waals surface area contributed by atoms with Gasteiger partial charge in [-0.05, 0) is 12.5 Å². The van der Waals surface area contributed by atoms with Crippen LogP contribution in [-0.4, -0.2) is 67.7 Å². The van der Waals surface area contributed by atoms with Crippen LogP contribution in [0.5, 0.6) is 0 Å². The fourth-order valence-electron chi connectivity index (χ4n) is 4.31. The quantitative estimate of drug-likeness (QED) is 0.745. The van der Waals surface area contributed by atoms with E-state index in [0.717, 1.165) is 44.1 Å². The van der Waals surface area contributed by atoms with Crippen molar-refractivity contribution in [2.45, 2.75) is 18.0 Å². The van der Waals surface area contributed by atoms with Crippen LogP contribution < -0.4 is 5.43 Å². The van der Waals surface area contributed by atoms with Gasteiger partial charge in [0.25, 0.3) is 0 Å². The van der Waals surface area contributed by atoms with Crippen molar-refractivity contribution in [1.82, 2.24) is 40.6 Å². The van der Waals surface area contributed by atoms with Crippen LogP contribution in [0.25, 0.3) is 0 Å². The van der Waals surface area contributed by atoms with Crippen molar-refractivity contribution in [3.63, 3.8) is 0 Å². The molecule has 2 atom stereocenters. The van der Waals surface area contributed by atoms with Crippen LogP contribution in [0.4, 0.5) is 0 Å². The van der Waals surface area contributed by atoms with E-state index in [9.17, 15) is 0 Å². The van der Waals surface area contributed by atoms with Gasteiger partial charge in [-0.3, -0.25) is 15.1 Å². The van der Waals surface area contributed by atoms with Crippen LogP contribution in [0.2, 0.25) is 0 Å². The van der Waals surface area contributed by atoms with Crippen molar-refractivity contribution in [3.05, 3.63) is 48.5 Å². The normalized spacial score (nSPS) is 29.8. The molecular formula is C16H21N9. The van der Waals surface area contributed by atoms with E-state index in [-0.39, 0.29) is 5.92 Å². The van der Waals surface area contributed by atoms with E-state index in [1.54, 1.807) is 0 Å². The molecule has 0 saturated carbocycles. The first-order chi connectivity index (χ1) is 12.4. The molecule has 1 fully saturated rings. The number of hydrogen-bond donors (Lipinski definition) is 3. The first-order valence-electron chi connectivity index (χ1n) is 8.63. The van der Waals surface area contributed by atoms with Crippen LogP contribution >= 0.6 is 0 Å². The highest BCUT2D eigenvalue weighted by Gasteiger charge is 2.59. The number of nitrogens with one attached hydrogen (secondary N) is 3. The molecule has 2 aromatic rings. The molecule has 1 saturated heterocycles. The van der Waals surface area contributed by atoms with Crippen LogP contribution in [0, 0.1) is 0 Å². The maximum absolute atomic E-state index is 4.68. The second kappa shape index (κ2) is 5.71. The second-order valence-corrected chi connectivity index (χ2v) is 6.47. The number of hydrazine groups is 2. The highest BCUT2D eigenvalue weighted by molar-refractivity contribution is 5.56. The number of aliphatic imine (C=N–C) groups is 1. The molecule has 0 aliphatic carbocycles. The Bertz CT molecular complexity index is 758. The zero-order valence-electron chi connectivity index (χ0n) is 13.8. The van der Waals surface area contributed by atoms with E-state index in [1.807, 2.05) is 31.1 Å². The summed E-state index contributed by atoms with van der Waals surface area (Å²) in [6.45, 7) is 3.42. The first kappa shape index (κ1) is 14.7. The minimum Gasteiger partial charge on any atom is -0.346 e. The third-order valence-corrected chi connectivity index (χ3v) is 5.28. The van der Waals surface area contributed by atoms with Crippen molar-refractivity contribution in [2.75, 3.05) is 26.2 Å². The van der Waals surface area contributed by atoms with Gasteiger partial charge in [0, 0.05) is 49.5 Å². The molecule has 9 nitrogen and oxygen atoms in total. The molecule has 0 aromatic carbocycles. The minimum atomic E-state index is -0.490. The number of imidazole rings is 1. The predicted molar refractivity (Wildman–Crippen MR) is 92.0 cm³/mol. The van der Waals surface area contributed by atoms with Crippen LogP contribution in [-0.2, 0) is 5.66 Å². The molecule has 130 valence electrons. The van der Waals surface area contributed by atoms with Gasteiger partial charge in [0.2, 0.25) is 0 Å². The van der Waals surface area contributed by atoms with E-state index >= 15 is 0 Å². The lowest BCUT2D eigenvalue weighted by molar-refractivity contribution is -0.142. The predicted octanol–water partition coefficient (Wildman–Crippen LogP) is 0.368. The summed E-state index contributed by atoms with van der Waals surface area (Å²) >= 11 is 0. The summed E-state index contributed by atoms with van der Waals surface area (Å²) in [7, 11) is 0. The van der Waals surface area contributed by atoms with Crippen molar-refractivity contribution in [1.29, 1.82) is 0 Å². The molecule has 9 heteroatoms. The maximum Gasteiger partial charge on any atom is 0.175 e. The summed E-state index contributed by atoms with van der Waals surface area (Å²) in [5.41, 5.74) is 4.04. The largest absolute Gasteiger partial charge is 0.346 e. The van der Waals surface area contributed by atoms with Gasteiger partial charge in [-0.25, -0.2) is 4.98 Å². The molecule has 0 radical (unpaired) electrons. The smallest absolute Gasteiger partial charge is 0.175 e. The van der Waals surface area contributed by atoms with Gasteiger partial charge in [-0.15, -0.1) is 0 Å². The highest BCUT2D eigenvalue weighted by Crippen LogP contribution is 2.50. The molecule has 3 N–H and O–H groups in total. The van der Waals surface area contributed by atoms with Gasteiger partial charge in [0.1, 0.15) is 5.82 Å². The van der Waals surface area contributed by atoms with Crippen LogP contribution in [0.1, 0.15) is 23.9 Å². The van der Waals surface area contributed by atoms with Crippen molar-refractivity contribution >= 4 is 6.34 Å². The SMILES string of the molecule is C1=CNN(C2(c3ncc[nH]3)C(c3ccn[nH]3)CCN2N2C=NCC2)C1. The zero-order chi connectivity index (χ0) is 16.7. The van der Waals surface area contributed by atoms with Crippen molar-refractivity contribution in [3.8, 4) is 0 Å².